The molecule has 1 heterocycles. The van der Waals surface area contributed by atoms with Crippen molar-refractivity contribution in [2.45, 2.75) is 117 Å². The fraction of sp³-hybridized carbons (Fsp3) is 0.686. The van der Waals surface area contributed by atoms with Crippen molar-refractivity contribution >= 4 is 5.97 Å². The molecule has 8 atom stereocenters. The molecule has 0 unspecified atom stereocenters. The fourth-order valence-electron chi connectivity index (χ4n) is 9.85. The van der Waals surface area contributed by atoms with E-state index in [9.17, 15) is 4.79 Å². The number of aromatic nitrogens is 3. The Labute approximate surface area is 246 Å². The molecule has 4 aliphatic carbocycles. The van der Waals surface area contributed by atoms with E-state index in [0.29, 0.717) is 17.4 Å². The number of aryl methyl sites for hydroxylation is 2. The molecule has 1 aromatic carbocycles. The number of carbonyl (C=O) groups excluding carboxylic acids is 1. The molecule has 0 saturated heterocycles. The van der Waals surface area contributed by atoms with Crippen LogP contribution in [-0.4, -0.2) is 33.1 Å². The lowest BCUT2D eigenvalue weighted by molar-refractivity contribution is -0.148. The van der Waals surface area contributed by atoms with Crippen LogP contribution in [-0.2, 0) is 29.0 Å². The first-order valence-corrected chi connectivity index (χ1v) is 16.3. The predicted octanol–water partition coefficient (Wildman–Crippen LogP) is 6.90. The van der Waals surface area contributed by atoms with Crippen LogP contribution in [0.5, 0.6) is 0 Å². The minimum absolute atomic E-state index is 0.0795. The molecule has 41 heavy (non-hydrogen) atoms. The zero-order valence-corrected chi connectivity index (χ0v) is 25.6. The number of carbonyl (C=O) groups is 1. The van der Waals surface area contributed by atoms with Gasteiger partial charge in [-0.15, -0.1) is 5.10 Å². The first-order chi connectivity index (χ1) is 19.8. The van der Waals surface area contributed by atoms with Gasteiger partial charge in [-0.2, -0.15) is 0 Å². The van der Waals surface area contributed by atoms with Gasteiger partial charge in [-0.3, -0.25) is 9.48 Å². The van der Waals surface area contributed by atoms with E-state index in [2.05, 4.69) is 79.0 Å². The van der Waals surface area contributed by atoms with E-state index < -0.39 is 0 Å². The normalized spacial score (nSPS) is 35.1. The van der Waals surface area contributed by atoms with Gasteiger partial charge in [0.1, 0.15) is 6.10 Å². The largest absolute Gasteiger partial charge is 0.462 e. The third-order valence-corrected chi connectivity index (χ3v) is 12.0. The van der Waals surface area contributed by atoms with Crippen LogP contribution >= 0.6 is 0 Å². The maximum absolute atomic E-state index is 11.6. The van der Waals surface area contributed by atoms with Crippen molar-refractivity contribution < 1.29 is 9.53 Å². The summed E-state index contributed by atoms with van der Waals surface area (Å²) in [6.45, 7) is 10.8. The van der Waals surface area contributed by atoms with Gasteiger partial charge < -0.3 is 10.1 Å². The van der Waals surface area contributed by atoms with Crippen LogP contribution in [0.2, 0.25) is 0 Å². The fourth-order valence-corrected chi connectivity index (χ4v) is 9.85. The Hall–Kier alpha value is -2.47. The van der Waals surface area contributed by atoms with Crippen molar-refractivity contribution in [3.63, 3.8) is 0 Å². The van der Waals surface area contributed by atoms with E-state index >= 15 is 0 Å². The lowest BCUT2D eigenvalue weighted by atomic mass is 9.47. The zero-order valence-electron chi connectivity index (χ0n) is 25.6. The van der Waals surface area contributed by atoms with Gasteiger partial charge in [0, 0.05) is 38.7 Å². The molecule has 2 aromatic rings. The van der Waals surface area contributed by atoms with Crippen molar-refractivity contribution in [1.29, 1.82) is 0 Å². The third kappa shape index (κ3) is 5.66. The van der Waals surface area contributed by atoms with Crippen LogP contribution in [0, 0.1) is 34.5 Å². The highest BCUT2D eigenvalue weighted by atomic mass is 16.5. The number of allylic oxidation sites excluding steroid dienone is 1. The summed E-state index contributed by atoms with van der Waals surface area (Å²) in [4.78, 5) is 11.6. The standard InChI is InChI=1S/C35H50N4O2/c1-24(36-22-28-23-39(38-37-28)20-8-11-26-9-6-5-7-10-26)31-14-15-32-30-13-12-27-21-29(41-25(2)40)16-18-34(27,3)33(30)17-19-35(31,32)4/h5-7,9-10,12,23-24,29-33,36H,8,11,13-22H2,1-4H3/t24-,29-,30-,31+,32-,33-,34-,35+/m0/s1. The van der Waals surface area contributed by atoms with Crippen LogP contribution in [0.3, 0.4) is 0 Å². The number of hydrogen-bond acceptors (Lipinski definition) is 5. The van der Waals surface area contributed by atoms with E-state index in [1.807, 2.05) is 4.68 Å². The lowest BCUT2D eigenvalue weighted by Crippen LogP contribution is -2.52. The number of benzene rings is 1. The molecular weight excluding hydrogens is 508 g/mol. The molecule has 0 bridgehead atoms. The first-order valence-electron chi connectivity index (χ1n) is 16.3. The Morgan fingerprint density at radius 3 is 2.76 bits per heavy atom. The molecule has 222 valence electrons. The molecule has 1 aromatic heterocycles. The van der Waals surface area contributed by atoms with Gasteiger partial charge in [-0.25, -0.2) is 0 Å². The average molecular weight is 559 g/mol. The van der Waals surface area contributed by atoms with Crippen LogP contribution in [0.15, 0.2) is 48.2 Å². The van der Waals surface area contributed by atoms with E-state index in [1.54, 1.807) is 12.5 Å². The minimum Gasteiger partial charge on any atom is -0.462 e. The molecule has 3 saturated carbocycles. The summed E-state index contributed by atoms with van der Waals surface area (Å²) in [5.41, 5.74) is 4.70. The van der Waals surface area contributed by atoms with E-state index in [4.69, 9.17) is 4.74 Å². The Kier molecular flexibility index (Phi) is 8.15. The maximum atomic E-state index is 11.6. The lowest BCUT2D eigenvalue weighted by Gasteiger charge is -2.58. The number of nitrogens with one attached hydrogen (secondary N) is 1. The molecule has 6 rings (SSSR count). The molecule has 0 aliphatic heterocycles. The Morgan fingerprint density at radius 1 is 1.12 bits per heavy atom. The summed E-state index contributed by atoms with van der Waals surface area (Å²) in [7, 11) is 0. The average Bonchev–Trinajstić information content (AvgIpc) is 3.56. The summed E-state index contributed by atoms with van der Waals surface area (Å²) in [5, 5.41) is 12.7. The molecule has 4 aliphatic rings. The van der Waals surface area contributed by atoms with Crippen molar-refractivity contribution in [1.82, 2.24) is 20.3 Å². The summed E-state index contributed by atoms with van der Waals surface area (Å²) < 4.78 is 7.64. The van der Waals surface area contributed by atoms with Gasteiger partial charge in [-0.1, -0.05) is 61.0 Å². The molecule has 1 N–H and O–H groups in total. The first kappa shape index (κ1) is 28.6. The van der Waals surface area contributed by atoms with E-state index in [0.717, 1.165) is 68.6 Å². The predicted molar refractivity (Wildman–Crippen MR) is 162 cm³/mol. The van der Waals surface area contributed by atoms with Gasteiger partial charge in [0.2, 0.25) is 0 Å². The highest BCUT2D eigenvalue weighted by Crippen LogP contribution is 2.66. The van der Waals surface area contributed by atoms with Crippen LogP contribution in [0.1, 0.15) is 96.7 Å². The second-order valence-electron chi connectivity index (χ2n) is 14.2. The number of rotatable bonds is 9. The number of hydrogen-bond donors (Lipinski definition) is 1. The van der Waals surface area contributed by atoms with Crippen LogP contribution in [0.25, 0.3) is 0 Å². The Morgan fingerprint density at radius 2 is 1.95 bits per heavy atom. The highest BCUT2D eigenvalue weighted by Gasteiger charge is 2.59. The van der Waals surface area contributed by atoms with Crippen molar-refractivity contribution in [3.8, 4) is 0 Å². The second-order valence-corrected chi connectivity index (χ2v) is 14.2. The third-order valence-electron chi connectivity index (χ3n) is 12.0. The molecule has 3 fully saturated rings. The molecule has 0 radical (unpaired) electrons. The van der Waals surface area contributed by atoms with Crippen LogP contribution in [0.4, 0.5) is 0 Å². The Bertz CT molecular complexity index is 1240. The van der Waals surface area contributed by atoms with Gasteiger partial charge in [0.05, 0.1) is 5.69 Å². The zero-order chi connectivity index (χ0) is 28.6. The van der Waals surface area contributed by atoms with Gasteiger partial charge in [0.25, 0.3) is 0 Å². The topological polar surface area (TPSA) is 69.0 Å². The van der Waals surface area contributed by atoms with Gasteiger partial charge in [-0.05, 0) is 105 Å². The van der Waals surface area contributed by atoms with Gasteiger partial charge in [0.15, 0.2) is 0 Å². The SMILES string of the molecule is CC(=O)O[C@H]1CC[C@@]2(C)C(=CC[C@H]3[C@@H]4CC[C@H]([C@H](C)NCc5cn(CCCc6ccccc6)nn5)[C@@]4(C)CC[C@@H]32)C1. The van der Waals surface area contributed by atoms with E-state index in [-0.39, 0.29) is 17.5 Å². The summed E-state index contributed by atoms with van der Waals surface area (Å²) in [6, 6.07) is 11.1. The summed E-state index contributed by atoms with van der Waals surface area (Å²) >= 11 is 0. The van der Waals surface area contributed by atoms with E-state index in [1.165, 1.54) is 37.7 Å². The molecule has 0 spiro atoms. The van der Waals surface area contributed by atoms with Crippen molar-refractivity contribution in [2.24, 2.45) is 34.5 Å². The number of fused-ring (bicyclic) bond motifs is 5. The molecular formula is C35H50N4O2. The quantitative estimate of drug-likeness (QED) is 0.268. The van der Waals surface area contributed by atoms with Crippen LogP contribution < -0.4 is 5.32 Å². The van der Waals surface area contributed by atoms with Crippen molar-refractivity contribution in [2.75, 3.05) is 0 Å². The van der Waals surface area contributed by atoms with Gasteiger partial charge >= 0.3 is 5.97 Å². The number of nitrogens with zero attached hydrogens (tertiary/aromatic N) is 3. The summed E-state index contributed by atoms with van der Waals surface area (Å²) in [5.74, 6) is 2.94. The molecule has 6 heteroatoms. The maximum Gasteiger partial charge on any atom is 0.302 e. The molecule has 0 amide bonds. The number of esters is 1. The summed E-state index contributed by atoms with van der Waals surface area (Å²) in [6.07, 6.45) is 16.6. The number of ether oxygens (including phenoxy) is 1. The minimum atomic E-state index is -0.135. The van der Waals surface area contributed by atoms with Crippen molar-refractivity contribution in [3.05, 3.63) is 59.4 Å². The second kappa shape index (κ2) is 11.7. The highest BCUT2D eigenvalue weighted by molar-refractivity contribution is 5.66. The Balaban J connectivity index is 1.04. The molecule has 6 nitrogen and oxygen atoms in total. The smallest absolute Gasteiger partial charge is 0.302 e. The monoisotopic (exact) mass is 558 g/mol.